The zero-order valence-electron chi connectivity index (χ0n) is 16.7. The van der Waals surface area contributed by atoms with Gasteiger partial charge in [-0.05, 0) is 55.0 Å². The quantitative estimate of drug-likeness (QED) is 0.460. The number of nitrogens with zero attached hydrogens (tertiary/aromatic N) is 2. The summed E-state index contributed by atoms with van der Waals surface area (Å²) in [5, 5.41) is 17.6. The van der Waals surface area contributed by atoms with Crippen molar-refractivity contribution in [3.05, 3.63) is 90.0 Å². The van der Waals surface area contributed by atoms with Gasteiger partial charge >= 0.3 is 5.97 Å². The molecule has 0 aliphatic heterocycles. The zero-order valence-corrected chi connectivity index (χ0v) is 16.7. The zero-order chi connectivity index (χ0) is 21.1. The van der Waals surface area contributed by atoms with Gasteiger partial charge in [0.15, 0.2) is 0 Å². The Kier molecular flexibility index (Phi) is 5.22. The van der Waals surface area contributed by atoms with E-state index in [0.29, 0.717) is 11.5 Å². The SMILES string of the molecule is COc1ccc(-c2cc(Nc3ccccc3C(=O)O)n(-c3ccccc3C)n2)cc1. The number of aromatic nitrogens is 2. The minimum Gasteiger partial charge on any atom is -0.497 e. The van der Waals surface area contributed by atoms with Gasteiger partial charge in [0.1, 0.15) is 11.6 Å². The Morgan fingerprint density at radius 3 is 2.40 bits per heavy atom. The van der Waals surface area contributed by atoms with Crippen LogP contribution in [0.15, 0.2) is 78.9 Å². The standard InChI is InChI=1S/C24H21N3O3/c1-16-7-3-6-10-22(16)27-23(25-20-9-5-4-8-19(20)24(28)29)15-21(26-27)17-11-13-18(30-2)14-12-17/h3-15,25H,1-2H3,(H,28,29). The molecule has 0 radical (unpaired) electrons. The molecule has 0 amide bonds. The molecule has 6 heteroatoms. The van der Waals surface area contributed by atoms with Gasteiger partial charge < -0.3 is 15.2 Å². The fourth-order valence-corrected chi connectivity index (χ4v) is 3.27. The number of para-hydroxylation sites is 2. The number of methoxy groups -OCH3 is 1. The summed E-state index contributed by atoms with van der Waals surface area (Å²) in [6.07, 6.45) is 0. The second kappa shape index (κ2) is 8.13. The van der Waals surface area contributed by atoms with Gasteiger partial charge in [-0.25, -0.2) is 9.48 Å². The third-order valence-electron chi connectivity index (χ3n) is 4.86. The Balaban J connectivity index is 1.83. The largest absolute Gasteiger partial charge is 0.497 e. The highest BCUT2D eigenvalue weighted by Crippen LogP contribution is 2.30. The van der Waals surface area contributed by atoms with Gasteiger partial charge in [0.05, 0.1) is 29.7 Å². The molecule has 0 unspecified atom stereocenters. The smallest absolute Gasteiger partial charge is 0.337 e. The van der Waals surface area contributed by atoms with Gasteiger partial charge in [0.2, 0.25) is 0 Å². The molecule has 3 aromatic carbocycles. The topological polar surface area (TPSA) is 76.4 Å². The Bertz CT molecular complexity index is 1200. The van der Waals surface area contributed by atoms with E-state index in [9.17, 15) is 9.90 Å². The van der Waals surface area contributed by atoms with Crippen LogP contribution in [0, 0.1) is 6.92 Å². The third kappa shape index (κ3) is 3.75. The van der Waals surface area contributed by atoms with Crippen LogP contribution >= 0.6 is 0 Å². The Hall–Kier alpha value is -4.06. The summed E-state index contributed by atoms with van der Waals surface area (Å²) >= 11 is 0. The molecule has 0 atom stereocenters. The molecule has 1 heterocycles. The van der Waals surface area contributed by atoms with Crippen molar-refractivity contribution in [3.8, 4) is 22.7 Å². The highest BCUT2D eigenvalue weighted by Gasteiger charge is 2.16. The maximum Gasteiger partial charge on any atom is 0.337 e. The van der Waals surface area contributed by atoms with E-state index < -0.39 is 5.97 Å². The van der Waals surface area contributed by atoms with Gasteiger partial charge in [0, 0.05) is 11.6 Å². The monoisotopic (exact) mass is 399 g/mol. The first-order valence-corrected chi connectivity index (χ1v) is 9.46. The lowest BCUT2D eigenvalue weighted by molar-refractivity contribution is 0.0698. The number of aryl methyl sites for hydroxylation is 1. The first-order valence-electron chi connectivity index (χ1n) is 9.46. The van der Waals surface area contributed by atoms with Crippen LogP contribution in [0.4, 0.5) is 11.5 Å². The number of carboxylic acid groups (broad SMARTS) is 1. The van der Waals surface area contributed by atoms with Gasteiger partial charge in [-0.3, -0.25) is 0 Å². The number of aromatic carboxylic acids is 1. The minimum absolute atomic E-state index is 0.195. The van der Waals surface area contributed by atoms with Crippen molar-refractivity contribution in [1.29, 1.82) is 0 Å². The van der Waals surface area contributed by atoms with Crippen molar-refractivity contribution < 1.29 is 14.6 Å². The number of rotatable bonds is 6. The molecule has 0 aliphatic carbocycles. The molecule has 6 nitrogen and oxygen atoms in total. The van der Waals surface area contributed by atoms with Crippen molar-refractivity contribution in [1.82, 2.24) is 9.78 Å². The second-order valence-electron chi connectivity index (χ2n) is 6.82. The average Bonchev–Trinajstić information content (AvgIpc) is 3.18. The Morgan fingerprint density at radius 2 is 1.70 bits per heavy atom. The molecule has 30 heavy (non-hydrogen) atoms. The van der Waals surface area contributed by atoms with Crippen LogP contribution in [0.1, 0.15) is 15.9 Å². The Labute approximate surface area is 174 Å². The van der Waals surface area contributed by atoms with Crippen molar-refractivity contribution in [3.63, 3.8) is 0 Å². The number of hydrogen-bond acceptors (Lipinski definition) is 4. The summed E-state index contributed by atoms with van der Waals surface area (Å²) in [5.74, 6) is 0.449. The van der Waals surface area contributed by atoms with Crippen LogP contribution in [0.25, 0.3) is 16.9 Å². The van der Waals surface area contributed by atoms with E-state index in [4.69, 9.17) is 9.84 Å². The number of hydrogen-bond donors (Lipinski definition) is 2. The fraction of sp³-hybridized carbons (Fsp3) is 0.0833. The normalized spacial score (nSPS) is 10.6. The number of nitrogens with one attached hydrogen (secondary N) is 1. The van der Waals surface area contributed by atoms with E-state index in [1.807, 2.05) is 61.5 Å². The van der Waals surface area contributed by atoms with Crippen molar-refractivity contribution in [2.75, 3.05) is 12.4 Å². The predicted molar refractivity (Wildman–Crippen MR) is 117 cm³/mol. The summed E-state index contributed by atoms with van der Waals surface area (Å²) in [6, 6.07) is 24.3. The third-order valence-corrected chi connectivity index (χ3v) is 4.86. The summed E-state index contributed by atoms with van der Waals surface area (Å²) in [7, 11) is 1.63. The van der Waals surface area contributed by atoms with E-state index in [-0.39, 0.29) is 5.56 Å². The van der Waals surface area contributed by atoms with Crippen LogP contribution in [0.2, 0.25) is 0 Å². The van der Waals surface area contributed by atoms with Crippen LogP contribution in [0.3, 0.4) is 0 Å². The molecule has 4 aromatic rings. The molecular formula is C24H21N3O3. The highest BCUT2D eigenvalue weighted by atomic mass is 16.5. The predicted octanol–water partition coefficient (Wildman–Crippen LogP) is 5.30. The molecular weight excluding hydrogens is 378 g/mol. The van der Waals surface area contributed by atoms with Crippen LogP contribution in [-0.4, -0.2) is 28.0 Å². The summed E-state index contributed by atoms with van der Waals surface area (Å²) in [6.45, 7) is 2.01. The lowest BCUT2D eigenvalue weighted by Gasteiger charge is -2.13. The van der Waals surface area contributed by atoms with Crippen molar-refractivity contribution >= 4 is 17.5 Å². The second-order valence-corrected chi connectivity index (χ2v) is 6.82. The maximum absolute atomic E-state index is 11.6. The van der Waals surface area contributed by atoms with E-state index in [1.54, 1.807) is 36.1 Å². The first kappa shape index (κ1) is 19.3. The molecule has 0 fully saturated rings. The van der Waals surface area contributed by atoms with Crippen LogP contribution in [-0.2, 0) is 0 Å². The van der Waals surface area contributed by atoms with Crippen LogP contribution < -0.4 is 10.1 Å². The van der Waals surface area contributed by atoms with Crippen molar-refractivity contribution in [2.24, 2.45) is 0 Å². The summed E-state index contributed by atoms with van der Waals surface area (Å²) < 4.78 is 7.04. The van der Waals surface area contributed by atoms with Crippen molar-refractivity contribution in [2.45, 2.75) is 6.92 Å². The van der Waals surface area contributed by atoms with E-state index in [2.05, 4.69) is 5.32 Å². The number of carbonyl (C=O) groups is 1. The lowest BCUT2D eigenvalue weighted by atomic mass is 10.1. The summed E-state index contributed by atoms with van der Waals surface area (Å²) in [4.78, 5) is 11.6. The molecule has 2 N–H and O–H groups in total. The lowest BCUT2D eigenvalue weighted by Crippen LogP contribution is -2.07. The number of ether oxygens (including phenoxy) is 1. The number of benzene rings is 3. The van der Waals surface area contributed by atoms with Gasteiger partial charge in [-0.2, -0.15) is 5.10 Å². The number of anilines is 2. The molecule has 0 aliphatic rings. The van der Waals surface area contributed by atoms with Crippen LogP contribution in [0.5, 0.6) is 5.75 Å². The highest BCUT2D eigenvalue weighted by molar-refractivity contribution is 5.95. The number of carboxylic acids is 1. The first-order chi connectivity index (χ1) is 14.6. The minimum atomic E-state index is -0.990. The summed E-state index contributed by atoms with van der Waals surface area (Å²) in [5.41, 5.74) is 4.35. The molecule has 150 valence electrons. The molecule has 4 rings (SSSR count). The molecule has 0 saturated heterocycles. The van der Waals surface area contributed by atoms with E-state index in [1.165, 1.54) is 0 Å². The van der Waals surface area contributed by atoms with E-state index >= 15 is 0 Å². The van der Waals surface area contributed by atoms with Gasteiger partial charge in [-0.1, -0.05) is 30.3 Å². The average molecular weight is 399 g/mol. The fourth-order valence-electron chi connectivity index (χ4n) is 3.27. The molecule has 0 saturated carbocycles. The molecule has 0 spiro atoms. The molecule has 1 aromatic heterocycles. The van der Waals surface area contributed by atoms with E-state index in [0.717, 1.165) is 28.3 Å². The van der Waals surface area contributed by atoms with Gasteiger partial charge in [-0.15, -0.1) is 0 Å². The Morgan fingerprint density at radius 1 is 1.00 bits per heavy atom. The van der Waals surface area contributed by atoms with Gasteiger partial charge in [0.25, 0.3) is 0 Å². The molecule has 0 bridgehead atoms. The maximum atomic E-state index is 11.6.